The van der Waals surface area contributed by atoms with Gasteiger partial charge in [0.1, 0.15) is 0 Å². The number of nitrogens with one attached hydrogen (secondary N) is 1. The number of carbonyl (C=O) groups is 1. The van der Waals surface area contributed by atoms with Crippen molar-refractivity contribution in [2.75, 3.05) is 25.0 Å². The number of rotatable bonds is 5. The van der Waals surface area contributed by atoms with Crippen LogP contribution in [0.5, 0.6) is 0 Å². The minimum absolute atomic E-state index is 0.215. The SMILES string of the molecule is CCCC[N+]1(C(=O)O)CCC(CC23CCCCC2c2ccccc2N3)CC1. The van der Waals surface area contributed by atoms with Gasteiger partial charge in [0.2, 0.25) is 0 Å². The molecule has 1 saturated heterocycles. The maximum Gasteiger partial charge on any atom is 0.513 e. The lowest BCUT2D eigenvalue weighted by atomic mass is 9.67. The second kappa shape index (κ2) is 7.46. The first-order valence-corrected chi connectivity index (χ1v) is 11.1. The first-order valence-electron chi connectivity index (χ1n) is 11.1. The standard InChI is InChI=1S/C23H34N2O2/c1-2-3-14-25(22(26)27)15-11-18(12-16-25)17-23-13-7-6-9-20(23)19-8-4-5-10-21(19)24-23/h4-5,8,10,18,20,24H,2-3,6-7,9,11-17H2,1H3/p+1. The summed E-state index contributed by atoms with van der Waals surface area (Å²) in [7, 11) is 0. The van der Waals surface area contributed by atoms with Crippen LogP contribution in [0.15, 0.2) is 24.3 Å². The zero-order chi connectivity index (χ0) is 18.9. The van der Waals surface area contributed by atoms with Crippen LogP contribution in [0.1, 0.15) is 76.2 Å². The molecule has 2 fully saturated rings. The molecule has 1 aromatic rings. The highest BCUT2D eigenvalue weighted by Crippen LogP contribution is 2.53. The van der Waals surface area contributed by atoms with Gasteiger partial charge in [0.15, 0.2) is 0 Å². The average molecular weight is 372 g/mol. The summed E-state index contributed by atoms with van der Waals surface area (Å²) in [5, 5.41) is 13.8. The second-order valence-corrected chi connectivity index (χ2v) is 9.27. The van der Waals surface area contributed by atoms with Crippen LogP contribution in [0.3, 0.4) is 0 Å². The van der Waals surface area contributed by atoms with Gasteiger partial charge >= 0.3 is 6.09 Å². The molecule has 1 aromatic carbocycles. The van der Waals surface area contributed by atoms with E-state index in [0.29, 0.717) is 16.3 Å². The molecule has 1 aliphatic carbocycles. The van der Waals surface area contributed by atoms with E-state index >= 15 is 0 Å². The Hall–Kier alpha value is -1.55. The van der Waals surface area contributed by atoms with Gasteiger partial charge in [-0.1, -0.05) is 44.4 Å². The second-order valence-electron chi connectivity index (χ2n) is 9.27. The number of anilines is 1. The van der Waals surface area contributed by atoms with Crippen LogP contribution in [0.25, 0.3) is 0 Å². The van der Waals surface area contributed by atoms with Crippen molar-refractivity contribution in [2.45, 2.75) is 76.2 Å². The Morgan fingerprint density at radius 1 is 1.22 bits per heavy atom. The Morgan fingerprint density at radius 3 is 2.74 bits per heavy atom. The number of quaternary nitrogens is 1. The molecule has 2 heterocycles. The number of amides is 1. The fourth-order valence-corrected chi connectivity index (χ4v) is 6.13. The number of carboxylic acid groups (broad SMARTS) is 1. The summed E-state index contributed by atoms with van der Waals surface area (Å²) >= 11 is 0. The Balaban J connectivity index is 1.46. The average Bonchev–Trinajstić information content (AvgIpc) is 3.01. The molecule has 4 nitrogen and oxygen atoms in total. The molecule has 2 aliphatic heterocycles. The number of hydrogen-bond acceptors (Lipinski definition) is 2. The number of fused-ring (bicyclic) bond motifs is 3. The van der Waals surface area contributed by atoms with Crippen molar-refractivity contribution in [2.24, 2.45) is 5.92 Å². The van der Waals surface area contributed by atoms with Gasteiger partial charge in [0, 0.05) is 30.0 Å². The molecule has 4 heteroatoms. The largest absolute Gasteiger partial charge is 0.513 e. The van der Waals surface area contributed by atoms with E-state index in [-0.39, 0.29) is 5.54 Å². The molecule has 2 N–H and O–H groups in total. The van der Waals surface area contributed by atoms with Crippen LogP contribution >= 0.6 is 0 Å². The van der Waals surface area contributed by atoms with Gasteiger partial charge < -0.3 is 10.4 Å². The summed E-state index contributed by atoms with van der Waals surface area (Å²) in [6.45, 7) is 4.58. The molecule has 27 heavy (non-hydrogen) atoms. The smallest absolute Gasteiger partial charge is 0.435 e. The van der Waals surface area contributed by atoms with E-state index in [1.54, 1.807) is 0 Å². The summed E-state index contributed by atoms with van der Waals surface area (Å²) in [6.07, 6.45) is 10.0. The molecule has 0 aromatic heterocycles. The number of likely N-dealkylation sites (tertiary alicyclic amines) is 1. The number of hydrogen-bond donors (Lipinski definition) is 2. The summed E-state index contributed by atoms with van der Waals surface area (Å²) in [4.78, 5) is 12.0. The molecule has 2 unspecified atom stereocenters. The maximum atomic E-state index is 12.0. The monoisotopic (exact) mass is 371 g/mol. The van der Waals surface area contributed by atoms with Crippen LogP contribution < -0.4 is 5.32 Å². The van der Waals surface area contributed by atoms with E-state index in [2.05, 4.69) is 36.5 Å². The van der Waals surface area contributed by atoms with E-state index in [0.717, 1.165) is 45.3 Å². The van der Waals surface area contributed by atoms with Crippen molar-refractivity contribution in [3.63, 3.8) is 0 Å². The lowest BCUT2D eigenvalue weighted by Crippen LogP contribution is -2.57. The molecule has 4 rings (SSSR count). The number of nitrogens with zero attached hydrogens (tertiary/aromatic N) is 1. The summed E-state index contributed by atoms with van der Waals surface area (Å²) in [5.74, 6) is 1.29. The number of unbranched alkanes of at least 4 members (excludes halogenated alkanes) is 1. The van der Waals surface area contributed by atoms with E-state index in [4.69, 9.17) is 0 Å². The zero-order valence-corrected chi connectivity index (χ0v) is 16.8. The van der Waals surface area contributed by atoms with Crippen molar-refractivity contribution in [1.82, 2.24) is 0 Å². The van der Waals surface area contributed by atoms with E-state index in [1.165, 1.54) is 43.4 Å². The number of para-hydroxylation sites is 1. The number of benzene rings is 1. The first kappa shape index (κ1) is 18.8. The third kappa shape index (κ3) is 3.37. The summed E-state index contributed by atoms with van der Waals surface area (Å²) in [6, 6.07) is 8.88. The van der Waals surface area contributed by atoms with E-state index in [1.807, 2.05) is 0 Å². The zero-order valence-electron chi connectivity index (χ0n) is 16.8. The molecule has 0 bridgehead atoms. The molecule has 1 amide bonds. The quantitative estimate of drug-likeness (QED) is 0.662. The van der Waals surface area contributed by atoms with Crippen LogP contribution in [0, 0.1) is 5.92 Å². The Bertz CT molecular complexity index is 681. The Kier molecular flexibility index (Phi) is 5.19. The molecule has 0 spiro atoms. The molecule has 0 radical (unpaired) electrons. The molecular weight excluding hydrogens is 336 g/mol. The van der Waals surface area contributed by atoms with Crippen LogP contribution in [-0.2, 0) is 0 Å². The van der Waals surface area contributed by atoms with Gasteiger partial charge in [0.25, 0.3) is 0 Å². The molecule has 148 valence electrons. The van der Waals surface area contributed by atoms with Crippen molar-refractivity contribution in [1.29, 1.82) is 0 Å². The Labute approximate surface area is 163 Å². The van der Waals surface area contributed by atoms with Crippen LogP contribution in [0.4, 0.5) is 10.5 Å². The van der Waals surface area contributed by atoms with Gasteiger partial charge in [-0.2, -0.15) is 4.79 Å². The number of piperidine rings is 1. The van der Waals surface area contributed by atoms with E-state index < -0.39 is 6.09 Å². The fraction of sp³-hybridized carbons (Fsp3) is 0.696. The molecular formula is C23H35N2O2+. The first-order chi connectivity index (χ1) is 13.1. The predicted octanol–water partition coefficient (Wildman–Crippen LogP) is 5.60. The molecule has 3 aliphatic rings. The highest BCUT2D eigenvalue weighted by molar-refractivity contribution is 5.62. The van der Waals surface area contributed by atoms with Gasteiger partial charge in [-0.3, -0.25) is 0 Å². The van der Waals surface area contributed by atoms with Crippen LogP contribution in [0.2, 0.25) is 0 Å². The molecule has 2 atom stereocenters. The lowest BCUT2D eigenvalue weighted by Gasteiger charge is -2.45. The fourth-order valence-electron chi connectivity index (χ4n) is 6.13. The van der Waals surface area contributed by atoms with Crippen molar-refractivity contribution in [3.8, 4) is 0 Å². The van der Waals surface area contributed by atoms with Gasteiger partial charge in [-0.25, -0.2) is 4.48 Å². The minimum atomic E-state index is -0.609. The summed E-state index contributed by atoms with van der Waals surface area (Å²) < 4.78 is 0.300. The lowest BCUT2D eigenvalue weighted by molar-refractivity contribution is -0.864. The summed E-state index contributed by atoms with van der Waals surface area (Å²) in [5.41, 5.74) is 3.08. The third-order valence-electron chi connectivity index (χ3n) is 7.68. The molecule has 1 saturated carbocycles. The van der Waals surface area contributed by atoms with Gasteiger partial charge in [-0.15, -0.1) is 0 Å². The highest BCUT2D eigenvalue weighted by Gasteiger charge is 2.49. The maximum absolute atomic E-state index is 12.0. The van der Waals surface area contributed by atoms with Gasteiger partial charge in [0.05, 0.1) is 19.6 Å². The van der Waals surface area contributed by atoms with E-state index in [9.17, 15) is 9.90 Å². The normalized spacial score (nSPS) is 35.1. The third-order valence-corrected chi connectivity index (χ3v) is 7.68. The van der Waals surface area contributed by atoms with Crippen molar-refractivity contribution in [3.05, 3.63) is 29.8 Å². The predicted molar refractivity (Wildman–Crippen MR) is 109 cm³/mol. The van der Waals surface area contributed by atoms with Crippen molar-refractivity contribution >= 4 is 11.8 Å². The van der Waals surface area contributed by atoms with Crippen molar-refractivity contribution < 1.29 is 14.4 Å². The highest BCUT2D eigenvalue weighted by atomic mass is 16.4. The van der Waals surface area contributed by atoms with Gasteiger partial charge in [-0.05, 0) is 43.2 Å². The van der Waals surface area contributed by atoms with Crippen LogP contribution in [-0.4, -0.2) is 40.9 Å². The topological polar surface area (TPSA) is 49.3 Å². The minimum Gasteiger partial charge on any atom is -0.435 e. The Morgan fingerprint density at radius 2 is 2.00 bits per heavy atom.